The van der Waals surface area contributed by atoms with E-state index in [2.05, 4.69) is 22.6 Å². The van der Waals surface area contributed by atoms with Crippen molar-refractivity contribution in [2.24, 2.45) is 0 Å². The van der Waals surface area contributed by atoms with E-state index in [1.165, 1.54) is 36.4 Å². The number of hydrogen-bond donors (Lipinski definition) is 0. The van der Waals surface area contributed by atoms with Gasteiger partial charge in [0, 0.05) is 11.6 Å². The standard InChI is InChI=1S/C19H14F2O5/c1-3-11-24-19(23)25-13-7-5-12(6-8-13)14-9-10-15(18(21)17(14)20)26-16(22)4-2/h3-10H,1-2,11H2. The summed E-state index contributed by atoms with van der Waals surface area (Å²) in [6.45, 7) is 6.58. The molecule has 0 spiro atoms. The molecule has 2 aromatic carbocycles. The Morgan fingerprint density at radius 1 is 0.962 bits per heavy atom. The van der Waals surface area contributed by atoms with E-state index in [0.717, 1.165) is 12.1 Å². The summed E-state index contributed by atoms with van der Waals surface area (Å²) < 4.78 is 42.4. The molecule has 0 heterocycles. The summed E-state index contributed by atoms with van der Waals surface area (Å²) in [5.74, 6) is -3.76. The number of benzene rings is 2. The van der Waals surface area contributed by atoms with Crippen LogP contribution in [-0.2, 0) is 9.53 Å². The van der Waals surface area contributed by atoms with Crippen LogP contribution in [0.1, 0.15) is 0 Å². The maximum Gasteiger partial charge on any atom is 0.514 e. The largest absolute Gasteiger partial charge is 0.514 e. The summed E-state index contributed by atoms with van der Waals surface area (Å²) in [5.41, 5.74) is 0.275. The fourth-order valence-corrected chi connectivity index (χ4v) is 1.94. The van der Waals surface area contributed by atoms with E-state index in [-0.39, 0.29) is 17.9 Å². The van der Waals surface area contributed by atoms with Crippen LogP contribution in [-0.4, -0.2) is 18.7 Å². The smallest absolute Gasteiger partial charge is 0.430 e. The zero-order valence-electron chi connectivity index (χ0n) is 13.5. The van der Waals surface area contributed by atoms with Gasteiger partial charge in [0.25, 0.3) is 0 Å². The van der Waals surface area contributed by atoms with Crippen LogP contribution >= 0.6 is 0 Å². The normalized spacial score (nSPS) is 9.92. The number of esters is 1. The van der Waals surface area contributed by atoms with Crippen LogP contribution in [0.3, 0.4) is 0 Å². The molecule has 0 aliphatic heterocycles. The molecule has 134 valence electrons. The van der Waals surface area contributed by atoms with Gasteiger partial charge < -0.3 is 14.2 Å². The lowest BCUT2D eigenvalue weighted by Gasteiger charge is -2.09. The first-order chi connectivity index (χ1) is 12.5. The molecular weight excluding hydrogens is 346 g/mol. The molecular formula is C19H14F2O5. The molecule has 2 aromatic rings. The van der Waals surface area contributed by atoms with E-state index in [1.807, 2.05) is 0 Å². The van der Waals surface area contributed by atoms with Gasteiger partial charge in [0.05, 0.1) is 0 Å². The zero-order valence-corrected chi connectivity index (χ0v) is 13.5. The molecule has 0 bridgehead atoms. The van der Waals surface area contributed by atoms with Crippen molar-refractivity contribution < 1.29 is 32.6 Å². The monoisotopic (exact) mass is 360 g/mol. The van der Waals surface area contributed by atoms with E-state index in [0.29, 0.717) is 5.56 Å². The van der Waals surface area contributed by atoms with Gasteiger partial charge in [-0.2, -0.15) is 4.39 Å². The second-order valence-electron chi connectivity index (χ2n) is 4.84. The molecule has 7 heteroatoms. The van der Waals surface area contributed by atoms with Crippen molar-refractivity contribution in [2.45, 2.75) is 0 Å². The summed E-state index contributed by atoms with van der Waals surface area (Å²) in [4.78, 5) is 22.4. The fourth-order valence-electron chi connectivity index (χ4n) is 1.94. The Balaban J connectivity index is 2.19. The van der Waals surface area contributed by atoms with E-state index in [4.69, 9.17) is 4.74 Å². The van der Waals surface area contributed by atoms with Gasteiger partial charge in [0.2, 0.25) is 5.82 Å². The number of rotatable bonds is 6. The minimum Gasteiger partial charge on any atom is -0.430 e. The number of carbonyl (C=O) groups excluding carboxylic acids is 2. The van der Waals surface area contributed by atoms with Crippen molar-refractivity contribution in [3.05, 3.63) is 73.3 Å². The Hall–Kier alpha value is -3.48. The van der Waals surface area contributed by atoms with Crippen LogP contribution in [0.4, 0.5) is 13.6 Å². The molecule has 0 aliphatic rings. The molecule has 0 fully saturated rings. The first kappa shape index (κ1) is 18.9. The molecule has 26 heavy (non-hydrogen) atoms. The average Bonchev–Trinajstić information content (AvgIpc) is 2.64. The molecule has 2 rings (SSSR count). The Morgan fingerprint density at radius 2 is 1.65 bits per heavy atom. The highest BCUT2D eigenvalue weighted by Gasteiger charge is 2.17. The number of hydrogen-bond acceptors (Lipinski definition) is 5. The number of ether oxygens (including phenoxy) is 3. The summed E-state index contributed by atoms with van der Waals surface area (Å²) in [6, 6.07) is 8.05. The molecule has 0 unspecified atom stereocenters. The predicted molar refractivity (Wildman–Crippen MR) is 89.8 cm³/mol. The number of carbonyl (C=O) groups is 2. The van der Waals surface area contributed by atoms with Gasteiger partial charge >= 0.3 is 12.1 Å². The lowest BCUT2D eigenvalue weighted by atomic mass is 10.0. The third kappa shape index (κ3) is 4.54. The molecule has 0 aliphatic carbocycles. The van der Waals surface area contributed by atoms with Crippen LogP contribution in [0, 0.1) is 11.6 Å². The van der Waals surface area contributed by atoms with Gasteiger partial charge in [-0.05, 0) is 29.8 Å². The Kier molecular flexibility index (Phi) is 6.21. The molecule has 5 nitrogen and oxygen atoms in total. The molecule has 0 saturated carbocycles. The summed E-state index contributed by atoms with van der Waals surface area (Å²) in [6.07, 6.45) is 1.31. The minimum atomic E-state index is -1.30. The highest BCUT2D eigenvalue weighted by atomic mass is 19.2. The summed E-state index contributed by atoms with van der Waals surface area (Å²) in [5, 5.41) is 0. The van der Waals surface area contributed by atoms with Crippen LogP contribution in [0.2, 0.25) is 0 Å². The van der Waals surface area contributed by atoms with Crippen molar-refractivity contribution in [2.75, 3.05) is 6.61 Å². The van der Waals surface area contributed by atoms with E-state index in [9.17, 15) is 18.4 Å². The molecule has 0 N–H and O–H groups in total. The minimum absolute atomic E-state index is 0.00415. The van der Waals surface area contributed by atoms with E-state index < -0.39 is 29.5 Å². The Labute approximate surface area is 148 Å². The van der Waals surface area contributed by atoms with Gasteiger partial charge in [-0.3, -0.25) is 0 Å². The molecule has 0 saturated heterocycles. The average molecular weight is 360 g/mol. The van der Waals surface area contributed by atoms with Crippen LogP contribution in [0.15, 0.2) is 61.7 Å². The fraction of sp³-hybridized carbons (Fsp3) is 0.0526. The second-order valence-corrected chi connectivity index (χ2v) is 4.84. The molecule has 0 atom stereocenters. The zero-order chi connectivity index (χ0) is 19.1. The lowest BCUT2D eigenvalue weighted by Crippen LogP contribution is -2.10. The molecule has 0 aromatic heterocycles. The van der Waals surface area contributed by atoms with E-state index >= 15 is 0 Å². The van der Waals surface area contributed by atoms with Crippen molar-refractivity contribution in [3.63, 3.8) is 0 Å². The van der Waals surface area contributed by atoms with Gasteiger partial charge in [-0.1, -0.05) is 31.4 Å². The summed E-state index contributed by atoms with van der Waals surface area (Å²) >= 11 is 0. The predicted octanol–water partition coefficient (Wildman–Crippen LogP) is 4.42. The van der Waals surface area contributed by atoms with Crippen molar-refractivity contribution >= 4 is 12.1 Å². The van der Waals surface area contributed by atoms with E-state index in [1.54, 1.807) is 0 Å². The van der Waals surface area contributed by atoms with Crippen molar-refractivity contribution in [1.29, 1.82) is 0 Å². The van der Waals surface area contributed by atoms with Crippen molar-refractivity contribution in [1.82, 2.24) is 0 Å². The molecule has 0 radical (unpaired) electrons. The number of halogens is 2. The van der Waals surface area contributed by atoms with Gasteiger partial charge in [-0.15, -0.1) is 0 Å². The highest BCUT2D eigenvalue weighted by molar-refractivity contribution is 5.83. The van der Waals surface area contributed by atoms with Crippen molar-refractivity contribution in [3.8, 4) is 22.6 Å². The quantitative estimate of drug-likeness (QED) is 0.251. The topological polar surface area (TPSA) is 61.8 Å². The molecule has 0 amide bonds. The van der Waals surface area contributed by atoms with Crippen LogP contribution in [0.5, 0.6) is 11.5 Å². The maximum absolute atomic E-state index is 14.2. The van der Waals surface area contributed by atoms with Crippen LogP contribution in [0.25, 0.3) is 11.1 Å². The van der Waals surface area contributed by atoms with Crippen LogP contribution < -0.4 is 9.47 Å². The lowest BCUT2D eigenvalue weighted by molar-refractivity contribution is -0.129. The highest BCUT2D eigenvalue weighted by Crippen LogP contribution is 2.31. The third-order valence-corrected chi connectivity index (χ3v) is 3.11. The maximum atomic E-state index is 14.2. The first-order valence-corrected chi connectivity index (χ1v) is 7.34. The Morgan fingerprint density at radius 3 is 2.27 bits per heavy atom. The SMILES string of the molecule is C=CCOC(=O)Oc1ccc(-c2ccc(OC(=O)C=C)c(F)c2F)cc1. The summed E-state index contributed by atoms with van der Waals surface area (Å²) in [7, 11) is 0. The van der Waals surface area contributed by atoms with Gasteiger partial charge in [-0.25, -0.2) is 14.0 Å². The second kappa shape index (κ2) is 8.57. The van der Waals surface area contributed by atoms with Gasteiger partial charge in [0.15, 0.2) is 11.6 Å². The Bertz CT molecular complexity index is 844. The third-order valence-electron chi connectivity index (χ3n) is 3.11. The van der Waals surface area contributed by atoms with Gasteiger partial charge in [0.1, 0.15) is 12.4 Å². The first-order valence-electron chi connectivity index (χ1n) is 7.34.